The average molecular weight is 381 g/mol. The van der Waals surface area contributed by atoms with Gasteiger partial charge in [-0.05, 0) is 49.8 Å². The second-order valence-corrected chi connectivity index (χ2v) is 9.23. The molecule has 1 unspecified atom stereocenters. The lowest BCUT2D eigenvalue weighted by Crippen LogP contribution is -2.41. The third kappa shape index (κ3) is 4.10. The molecular formula is C19H28N2O4S. The van der Waals surface area contributed by atoms with E-state index in [9.17, 15) is 13.2 Å². The zero-order valence-electron chi connectivity index (χ0n) is 15.6. The average Bonchev–Trinajstić information content (AvgIpc) is 2.86. The van der Waals surface area contributed by atoms with Gasteiger partial charge in [-0.25, -0.2) is 8.42 Å². The summed E-state index contributed by atoms with van der Waals surface area (Å²) in [5.74, 6) is 0.556. The predicted molar refractivity (Wildman–Crippen MR) is 99.7 cm³/mol. The van der Waals surface area contributed by atoms with Gasteiger partial charge in [0.2, 0.25) is 10.0 Å². The fourth-order valence-corrected chi connectivity index (χ4v) is 5.24. The van der Waals surface area contributed by atoms with Gasteiger partial charge >= 0.3 is 0 Å². The third-order valence-corrected chi connectivity index (χ3v) is 7.37. The zero-order chi connectivity index (χ0) is 18.7. The van der Waals surface area contributed by atoms with Crippen LogP contribution in [0.3, 0.4) is 0 Å². The number of rotatable bonds is 3. The number of carbonyl (C=O) groups is 1. The number of morpholine rings is 1. The van der Waals surface area contributed by atoms with Gasteiger partial charge in [0, 0.05) is 31.7 Å². The van der Waals surface area contributed by atoms with Crippen LogP contribution >= 0.6 is 0 Å². The summed E-state index contributed by atoms with van der Waals surface area (Å²) >= 11 is 0. The monoisotopic (exact) mass is 380 g/mol. The van der Waals surface area contributed by atoms with Gasteiger partial charge in [-0.3, -0.25) is 4.79 Å². The molecule has 3 rings (SSSR count). The second-order valence-electron chi connectivity index (χ2n) is 7.33. The van der Waals surface area contributed by atoms with E-state index in [1.54, 1.807) is 25.1 Å². The summed E-state index contributed by atoms with van der Waals surface area (Å²) in [6.45, 7) is 6.98. The van der Waals surface area contributed by atoms with E-state index in [-0.39, 0.29) is 10.8 Å². The predicted octanol–water partition coefficient (Wildman–Crippen LogP) is 2.28. The van der Waals surface area contributed by atoms with E-state index >= 15 is 0 Å². The standard InChI is InChI=1S/C19H28N2O4S/c1-15-4-3-8-20(9-7-15)19(22)17-6-5-16(2)18(14-17)26(23,24)21-10-12-25-13-11-21/h5-6,14-15H,3-4,7-13H2,1-2H3. The van der Waals surface area contributed by atoms with Crippen molar-refractivity contribution in [1.29, 1.82) is 0 Å². The van der Waals surface area contributed by atoms with Gasteiger partial charge in [0.15, 0.2) is 0 Å². The molecule has 0 radical (unpaired) electrons. The van der Waals surface area contributed by atoms with Crippen molar-refractivity contribution in [3.05, 3.63) is 29.3 Å². The Hall–Kier alpha value is -1.44. The van der Waals surface area contributed by atoms with E-state index in [0.29, 0.717) is 43.3 Å². The number of sulfonamides is 1. The molecule has 1 atom stereocenters. The Balaban J connectivity index is 1.86. The van der Waals surface area contributed by atoms with Gasteiger partial charge in [-0.15, -0.1) is 0 Å². The van der Waals surface area contributed by atoms with Crippen LogP contribution in [0.5, 0.6) is 0 Å². The molecule has 6 nitrogen and oxygen atoms in total. The van der Waals surface area contributed by atoms with Crippen LogP contribution in [0.25, 0.3) is 0 Å². The Morgan fingerprint density at radius 1 is 1.12 bits per heavy atom. The van der Waals surface area contributed by atoms with Crippen molar-refractivity contribution in [2.24, 2.45) is 5.92 Å². The van der Waals surface area contributed by atoms with Crippen LogP contribution in [0.4, 0.5) is 0 Å². The van der Waals surface area contributed by atoms with Crippen molar-refractivity contribution in [2.45, 2.75) is 38.0 Å². The lowest BCUT2D eigenvalue weighted by molar-refractivity contribution is 0.0729. The molecule has 1 aromatic rings. The Bertz CT molecular complexity index is 757. The molecule has 2 aliphatic heterocycles. The number of amides is 1. The summed E-state index contributed by atoms with van der Waals surface area (Å²) in [6.07, 6.45) is 3.13. The lowest BCUT2D eigenvalue weighted by Gasteiger charge is -2.27. The largest absolute Gasteiger partial charge is 0.379 e. The van der Waals surface area contributed by atoms with Crippen LogP contribution in [0, 0.1) is 12.8 Å². The Kier molecular flexibility index (Phi) is 5.99. The molecule has 26 heavy (non-hydrogen) atoms. The number of nitrogens with zero attached hydrogens (tertiary/aromatic N) is 2. The summed E-state index contributed by atoms with van der Waals surface area (Å²) in [5, 5.41) is 0. The summed E-state index contributed by atoms with van der Waals surface area (Å²) in [7, 11) is -3.61. The van der Waals surface area contributed by atoms with E-state index in [1.807, 2.05) is 4.90 Å². The number of aryl methyl sites for hydroxylation is 1. The molecule has 1 aromatic carbocycles. The van der Waals surface area contributed by atoms with Crippen LogP contribution in [0.1, 0.15) is 42.1 Å². The fourth-order valence-electron chi connectivity index (χ4n) is 3.59. The highest BCUT2D eigenvalue weighted by Crippen LogP contribution is 2.24. The number of hydrogen-bond donors (Lipinski definition) is 0. The van der Waals surface area contributed by atoms with Crippen molar-refractivity contribution in [3.8, 4) is 0 Å². The van der Waals surface area contributed by atoms with E-state index < -0.39 is 10.0 Å². The van der Waals surface area contributed by atoms with Crippen molar-refractivity contribution in [3.63, 3.8) is 0 Å². The molecule has 0 N–H and O–H groups in total. The quantitative estimate of drug-likeness (QED) is 0.807. The Morgan fingerprint density at radius 2 is 1.85 bits per heavy atom. The van der Waals surface area contributed by atoms with Crippen LogP contribution < -0.4 is 0 Å². The number of benzene rings is 1. The zero-order valence-corrected chi connectivity index (χ0v) is 16.4. The molecule has 0 aliphatic carbocycles. The molecule has 2 heterocycles. The van der Waals surface area contributed by atoms with Crippen molar-refractivity contribution < 1.29 is 17.9 Å². The van der Waals surface area contributed by atoms with E-state index in [2.05, 4.69) is 6.92 Å². The van der Waals surface area contributed by atoms with Gasteiger partial charge in [0.05, 0.1) is 18.1 Å². The molecule has 0 spiro atoms. The lowest BCUT2D eigenvalue weighted by atomic mass is 10.0. The second kappa shape index (κ2) is 8.06. The first-order chi connectivity index (χ1) is 12.4. The van der Waals surface area contributed by atoms with Gasteiger partial charge in [-0.2, -0.15) is 4.31 Å². The normalized spacial score (nSPS) is 22.8. The van der Waals surface area contributed by atoms with Crippen LogP contribution in [-0.4, -0.2) is 62.9 Å². The third-order valence-electron chi connectivity index (χ3n) is 5.33. The fraction of sp³-hybridized carbons (Fsp3) is 0.632. The minimum Gasteiger partial charge on any atom is -0.379 e. The van der Waals surface area contributed by atoms with Crippen molar-refractivity contribution in [1.82, 2.24) is 9.21 Å². The molecule has 0 aromatic heterocycles. The first-order valence-corrected chi connectivity index (χ1v) is 10.8. The first-order valence-electron chi connectivity index (χ1n) is 9.37. The summed E-state index contributed by atoms with van der Waals surface area (Å²) < 4.78 is 32.7. The number of hydrogen-bond acceptors (Lipinski definition) is 4. The summed E-state index contributed by atoms with van der Waals surface area (Å²) in [6, 6.07) is 5.03. The first kappa shape index (κ1) is 19.3. The molecule has 2 aliphatic rings. The Morgan fingerprint density at radius 3 is 2.58 bits per heavy atom. The molecule has 7 heteroatoms. The SMILES string of the molecule is Cc1ccc(C(=O)N2CCCC(C)CC2)cc1S(=O)(=O)N1CCOCC1. The number of ether oxygens (including phenoxy) is 1. The molecule has 2 fully saturated rings. The smallest absolute Gasteiger partial charge is 0.253 e. The van der Waals surface area contributed by atoms with Gasteiger partial charge in [0.25, 0.3) is 5.91 Å². The van der Waals surface area contributed by atoms with Gasteiger partial charge < -0.3 is 9.64 Å². The van der Waals surface area contributed by atoms with Crippen LogP contribution in [-0.2, 0) is 14.8 Å². The van der Waals surface area contributed by atoms with E-state index in [0.717, 1.165) is 32.4 Å². The Labute approximate surface area is 156 Å². The minimum atomic E-state index is -3.61. The number of likely N-dealkylation sites (tertiary alicyclic amines) is 1. The summed E-state index contributed by atoms with van der Waals surface area (Å²) in [4.78, 5) is 15.0. The van der Waals surface area contributed by atoms with E-state index in [1.165, 1.54) is 4.31 Å². The van der Waals surface area contributed by atoms with Crippen LogP contribution in [0.15, 0.2) is 23.1 Å². The van der Waals surface area contributed by atoms with Gasteiger partial charge in [0.1, 0.15) is 0 Å². The van der Waals surface area contributed by atoms with E-state index in [4.69, 9.17) is 4.74 Å². The van der Waals surface area contributed by atoms with Crippen LogP contribution in [0.2, 0.25) is 0 Å². The highest BCUT2D eigenvalue weighted by molar-refractivity contribution is 7.89. The van der Waals surface area contributed by atoms with Crippen molar-refractivity contribution >= 4 is 15.9 Å². The summed E-state index contributed by atoms with van der Waals surface area (Å²) in [5.41, 5.74) is 1.12. The highest BCUT2D eigenvalue weighted by atomic mass is 32.2. The highest BCUT2D eigenvalue weighted by Gasteiger charge is 2.29. The molecule has 0 saturated carbocycles. The molecule has 1 amide bonds. The minimum absolute atomic E-state index is 0.0717. The number of carbonyl (C=O) groups excluding carboxylic acids is 1. The molecule has 2 saturated heterocycles. The topological polar surface area (TPSA) is 66.9 Å². The van der Waals surface area contributed by atoms with Gasteiger partial charge in [-0.1, -0.05) is 13.0 Å². The molecule has 144 valence electrons. The maximum absolute atomic E-state index is 13.0. The molecular weight excluding hydrogens is 352 g/mol. The maximum atomic E-state index is 13.0. The maximum Gasteiger partial charge on any atom is 0.253 e. The molecule has 0 bridgehead atoms. The van der Waals surface area contributed by atoms with Crippen molar-refractivity contribution in [2.75, 3.05) is 39.4 Å².